The molecule has 2 amide bonds. The number of rotatable bonds is 6. The molecular formula is C29H28F3N3O2. The van der Waals surface area contributed by atoms with Crippen LogP contribution in [0.25, 0.3) is 0 Å². The van der Waals surface area contributed by atoms with Crippen molar-refractivity contribution in [1.29, 1.82) is 0 Å². The van der Waals surface area contributed by atoms with E-state index in [0.29, 0.717) is 12.0 Å². The van der Waals surface area contributed by atoms with E-state index in [1.807, 2.05) is 56.4 Å². The highest BCUT2D eigenvalue weighted by molar-refractivity contribution is 6.16. The molecule has 1 N–H and O–H groups in total. The number of aliphatic imine (C=N–C) groups is 1. The Balaban J connectivity index is 1.71. The van der Waals surface area contributed by atoms with Gasteiger partial charge in [0.15, 0.2) is 0 Å². The Bertz CT molecular complexity index is 1300. The first-order valence-corrected chi connectivity index (χ1v) is 11.9. The molecular weight excluding hydrogens is 479 g/mol. The Labute approximate surface area is 214 Å². The van der Waals surface area contributed by atoms with E-state index in [9.17, 15) is 22.8 Å². The number of carbonyl (C=O) groups is 2. The molecule has 0 radical (unpaired) electrons. The zero-order chi connectivity index (χ0) is 26.8. The Morgan fingerprint density at radius 1 is 0.892 bits per heavy atom. The van der Waals surface area contributed by atoms with Crippen molar-refractivity contribution in [3.63, 3.8) is 0 Å². The Morgan fingerprint density at radius 3 is 2.00 bits per heavy atom. The summed E-state index contributed by atoms with van der Waals surface area (Å²) in [7, 11) is 0. The van der Waals surface area contributed by atoms with Crippen molar-refractivity contribution in [3.8, 4) is 0 Å². The van der Waals surface area contributed by atoms with Crippen LogP contribution in [0.3, 0.4) is 0 Å². The number of hydrogen-bond acceptors (Lipinski definition) is 3. The molecule has 1 atom stereocenters. The van der Waals surface area contributed by atoms with Gasteiger partial charge in [0, 0.05) is 17.7 Å². The summed E-state index contributed by atoms with van der Waals surface area (Å²) in [6.07, 6.45) is -4.86. The van der Waals surface area contributed by atoms with Crippen LogP contribution in [0.1, 0.15) is 47.8 Å². The van der Waals surface area contributed by atoms with Gasteiger partial charge in [-0.25, -0.2) is 4.99 Å². The van der Waals surface area contributed by atoms with Gasteiger partial charge < -0.3 is 5.32 Å². The summed E-state index contributed by atoms with van der Waals surface area (Å²) in [6.45, 7) is 5.93. The zero-order valence-corrected chi connectivity index (χ0v) is 20.8. The van der Waals surface area contributed by atoms with Crippen molar-refractivity contribution in [2.45, 2.75) is 44.4 Å². The molecule has 0 bridgehead atoms. The molecule has 0 saturated carbocycles. The minimum absolute atomic E-state index is 0.00335. The van der Waals surface area contributed by atoms with Crippen LogP contribution >= 0.6 is 0 Å². The van der Waals surface area contributed by atoms with Crippen LogP contribution in [-0.4, -0.2) is 40.9 Å². The monoisotopic (exact) mass is 507 g/mol. The fourth-order valence-corrected chi connectivity index (χ4v) is 4.15. The van der Waals surface area contributed by atoms with Crippen molar-refractivity contribution in [3.05, 3.63) is 107 Å². The summed E-state index contributed by atoms with van der Waals surface area (Å²) >= 11 is 0. The van der Waals surface area contributed by atoms with Crippen molar-refractivity contribution in [2.75, 3.05) is 6.54 Å². The second kappa shape index (κ2) is 9.84. The minimum atomic E-state index is -5.17. The number of halogens is 3. The van der Waals surface area contributed by atoms with E-state index in [2.05, 4.69) is 4.99 Å². The van der Waals surface area contributed by atoms with Gasteiger partial charge in [0.1, 0.15) is 5.84 Å². The smallest absolute Gasteiger partial charge is 0.312 e. The molecule has 192 valence electrons. The van der Waals surface area contributed by atoms with E-state index in [4.69, 9.17) is 0 Å². The fourth-order valence-electron chi connectivity index (χ4n) is 4.15. The molecule has 8 heteroatoms. The molecule has 5 nitrogen and oxygen atoms in total. The first-order valence-electron chi connectivity index (χ1n) is 11.9. The molecule has 1 aliphatic heterocycles. The maximum atomic E-state index is 14.6. The standard InChI is InChI=1S/C29H28F3N3O2/c1-27(2,3)23-16-14-22(15-17-23)25(36)34-28(29(30,31)32)26(37)35(19-18-20-10-6-4-7-11-20)24(33-28)21-12-8-5-9-13-21/h4-17H,18-19H2,1-3H3,(H,34,36)/t28-/m0/s1. The lowest BCUT2D eigenvalue weighted by Gasteiger charge is -2.29. The molecule has 0 fully saturated rings. The van der Waals surface area contributed by atoms with Crippen molar-refractivity contribution in [1.82, 2.24) is 10.2 Å². The quantitative estimate of drug-likeness (QED) is 0.479. The lowest BCUT2D eigenvalue weighted by molar-refractivity contribution is -0.196. The van der Waals surface area contributed by atoms with Crippen LogP contribution in [0.4, 0.5) is 13.2 Å². The molecule has 4 rings (SSSR count). The number of hydrogen-bond donors (Lipinski definition) is 1. The van der Waals surface area contributed by atoms with E-state index in [1.54, 1.807) is 42.5 Å². The van der Waals surface area contributed by atoms with Gasteiger partial charge in [0.2, 0.25) is 0 Å². The minimum Gasteiger partial charge on any atom is -0.312 e. The molecule has 3 aromatic carbocycles. The average Bonchev–Trinajstić information content (AvgIpc) is 3.15. The topological polar surface area (TPSA) is 61.8 Å². The molecule has 0 aliphatic carbocycles. The third-order valence-corrected chi connectivity index (χ3v) is 6.30. The molecule has 37 heavy (non-hydrogen) atoms. The van der Waals surface area contributed by atoms with Gasteiger partial charge in [-0.15, -0.1) is 0 Å². The first kappa shape index (κ1) is 26.1. The highest BCUT2D eigenvalue weighted by Gasteiger charge is 2.67. The summed E-state index contributed by atoms with van der Waals surface area (Å²) in [6, 6.07) is 23.6. The van der Waals surface area contributed by atoms with Crippen molar-refractivity contribution in [2.24, 2.45) is 4.99 Å². The van der Waals surface area contributed by atoms with E-state index in [0.717, 1.165) is 16.0 Å². The van der Waals surface area contributed by atoms with Crippen LogP contribution < -0.4 is 5.32 Å². The van der Waals surface area contributed by atoms with Crippen molar-refractivity contribution >= 4 is 17.6 Å². The second-order valence-corrected chi connectivity index (χ2v) is 9.98. The molecule has 1 heterocycles. The van der Waals surface area contributed by atoms with Crippen LogP contribution in [-0.2, 0) is 16.6 Å². The second-order valence-electron chi connectivity index (χ2n) is 9.98. The first-order chi connectivity index (χ1) is 17.4. The van der Waals surface area contributed by atoms with Gasteiger partial charge in [-0.3, -0.25) is 14.5 Å². The van der Waals surface area contributed by atoms with Crippen LogP contribution in [0, 0.1) is 0 Å². The maximum absolute atomic E-state index is 14.6. The lowest BCUT2D eigenvalue weighted by atomic mass is 9.86. The fraction of sp³-hybridized carbons (Fsp3) is 0.276. The maximum Gasteiger partial charge on any atom is 0.442 e. The summed E-state index contributed by atoms with van der Waals surface area (Å²) in [5.41, 5.74) is -1.51. The van der Waals surface area contributed by atoms with Gasteiger partial charge in [-0.2, -0.15) is 13.2 Å². The number of carbonyl (C=O) groups excluding carboxylic acids is 2. The third-order valence-electron chi connectivity index (χ3n) is 6.30. The van der Waals surface area contributed by atoms with Crippen molar-refractivity contribution < 1.29 is 22.8 Å². The van der Waals surface area contributed by atoms with E-state index in [-0.39, 0.29) is 23.4 Å². The highest BCUT2D eigenvalue weighted by Crippen LogP contribution is 2.39. The van der Waals surface area contributed by atoms with E-state index < -0.39 is 23.7 Å². The summed E-state index contributed by atoms with van der Waals surface area (Å²) in [4.78, 5) is 31.5. The normalized spacial score (nSPS) is 18.1. The molecule has 0 aromatic heterocycles. The summed E-state index contributed by atoms with van der Waals surface area (Å²) in [5, 5.41) is 1.94. The number of alkyl halides is 3. The third kappa shape index (κ3) is 5.28. The average molecular weight is 508 g/mol. The van der Waals surface area contributed by atoms with Gasteiger partial charge in [0.25, 0.3) is 11.8 Å². The van der Waals surface area contributed by atoms with E-state index >= 15 is 0 Å². The summed E-state index contributed by atoms with van der Waals surface area (Å²) in [5.74, 6) is -2.51. The van der Waals surface area contributed by atoms with Crippen LogP contribution in [0.5, 0.6) is 0 Å². The largest absolute Gasteiger partial charge is 0.442 e. The number of amidine groups is 1. The number of benzene rings is 3. The molecule has 1 aliphatic rings. The highest BCUT2D eigenvalue weighted by atomic mass is 19.4. The Morgan fingerprint density at radius 2 is 1.46 bits per heavy atom. The SMILES string of the molecule is CC(C)(C)c1ccc(C(=O)N[C@@]2(C(F)(F)F)N=C(c3ccccc3)N(CCc3ccccc3)C2=O)cc1. The van der Waals surface area contributed by atoms with Gasteiger partial charge >= 0.3 is 11.8 Å². The Hall–Kier alpha value is -3.94. The molecule has 0 spiro atoms. The predicted octanol–water partition coefficient (Wildman–Crippen LogP) is 5.50. The molecule has 0 unspecified atom stereocenters. The number of nitrogens with one attached hydrogen (secondary N) is 1. The molecule has 0 saturated heterocycles. The number of nitrogens with zero attached hydrogens (tertiary/aromatic N) is 2. The van der Waals surface area contributed by atoms with E-state index in [1.165, 1.54) is 12.1 Å². The zero-order valence-electron chi connectivity index (χ0n) is 20.8. The van der Waals surface area contributed by atoms with Crippen LogP contribution in [0.15, 0.2) is 89.9 Å². The number of amides is 2. The Kier molecular flexibility index (Phi) is 6.95. The van der Waals surface area contributed by atoms with Gasteiger partial charge in [-0.05, 0) is 35.1 Å². The van der Waals surface area contributed by atoms with Gasteiger partial charge in [0.05, 0.1) is 0 Å². The predicted molar refractivity (Wildman–Crippen MR) is 136 cm³/mol. The van der Waals surface area contributed by atoms with Crippen LogP contribution in [0.2, 0.25) is 0 Å². The van der Waals surface area contributed by atoms with Gasteiger partial charge in [-0.1, -0.05) is 93.6 Å². The lowest BCUT2D eigenvalue weighted by Crippen LogP contribution is -2.63. The summed E-state index contributed by atoms with van der Waals surface area (Å²) < 4.78 is 43.9. The molecule has 3 aromatic rings.